The molecule has 0 aliphatic rings. The molecule has 0 saturated carbocycles. The van der Waals surface area contributed by atoms with Crippen molar-refractivity contribution >= 4 is 40.2 Å². The van der Waals surface area contributed by atoms with E-state index in [4.69, 9.17) is 21.1 Å². The number of halogens is 1. The SMILES string of the molecule is CCOc1cc(/C=C/C(=O)Nc2ccc3nc[nH]c(=O)c3c2)cc(Cl)c1OC. The highest BCUT2D eigenvalue weighted by atomic mass is 35.5. The van der Waals surface area contributed by atoms with Gasteiger partial charge in [0.2, 0.25) is 5.91 Å². The highest BCUT2D eigenvalue weighted by Gasteiger charge is 2.10. The number of rotatable bonds is 6. The topological polar surface area (TPSA) is 93.3 Å². The van der Waals surface area contributed by atoms with Crippen LogP contribution in [0, 0.1) is 0 Å². The summed E-state index contributed by atoms with van der Waals surface area (Å²) in [6, 6.07) is 8.33. The summed E-state index contributed by atoms with van der Waals surface area (Å²) in [5.41, 5.74) is 1.45. The van der Waals surface area contributed by atoms with Gasteiger partial charge in [-0.1, -0.05) is 11.6 Å². The van der Waals surface area contributed by atoms with Crippen LogP contribution in [0.25, 0.3) is 17.0 Å². The molecule has 1 heterocycles. The largest absolute Gasteiger partial charge is 0.491 e. The Bertz CT molecular complexity index is 1110. The number of H-pyrrole nitrogens is 1. The van der Waals surface area contributed by atoms with Crippen LogP contribution in [0.3, 0.4) is 0 Å². The van der Waals surface area contributed by atoms with Gasteiger partial charge in [0.1, 0.15) is 0 Å². The molecule has 1 aromatic heterocycles. The Morgan fingerprint density at radius 2 is 2.14 bits per heavy atom. The number of benzene rings is 2. The highest BCUT2D eigenvalue weighted by molar-refractivity contribution is 6.32. The Kier molecular flexibility index (Phi) is 5.96. The van der Waals surface area contributed by atoms with Crippen molar-refractivity contribution in [1.29, 1.82) is 0 Å². The Hall–Kier alpha value is -3.32. The van der Waals surface area contributed by atoms with Crippen molar-refractivity contribution < 1.29 is 14.3 Å². The minimum atomic E-state index is -0.357. The fourth-order valence-electron chi connectivity index (χ4n) is 2.65. The number of nitrogens with zero attached hydrogens (tertiary/aromatic N) is 1. The summed E-state index contributed by atoms with van der Waals surface area (Å²) in [5.74, 6) is 0.587. The van der Waals surface area contributed by atoms with Gasteiger partial charge >= 0.3 is 0 Å². The van der Waals surface area contributed by atoms with Gasteiger partial charge in [0.15, 0.2) is 11.5 Å². The van der Waals surface area contributed by atoms with Crippen LogP contribution in [0.5, 0.6) is 11.5 Å². The molecule has 0 radical (unpaired) electrons. The third-order valence-electron chi connectivity index (χ3n) is 3.87. The monoisotopic (exact) mass is 399 g/mol. The van der Waals surface area contributed by atoms with Gasteiger partial charge in [-0.25, -0.2) is 4.98 Å². The van der Waals surface area contributed by atoms with E-state index in [1.807, 2.05) is 6.92 Å². The van der Waals surface area contributed by atoms with E-state index in [-0.39, 0.29) is 11.5 Å². The van der Waals surface area contributed by atoms with Crippen LogP contribution < -0.4 is 20.3 Å². The predicted octanol–water partition coefficient (Wildman–Crippen LogP) is 3.64. The molecule has 8 heteroatoms. The number of aromatic amines is 1. The fraction of sp³-hybridized carbons (Fsp3) is 0.150. The number of hydrogen-bond acceptors (Lipinski definition) is 5. The minimum Gasteiger partial charge on any atom is -0.491 e. The molecule has 144 valence electrons. The maximum Gasteiger partial charge on any atom is 0.258 e. The number of methoxy groups -OCH3 is 1. The number of carbonyl (C=O) groups excluding carboxylic acids is 1. The molecular formula is C20H18ClN3O4. The first-order valence-electron chi connectivity index (χ1n) is 8.48. The standard InChI is InChI=1S/C20H18ClN3O4/c1-3-28-17-9-12(8-15(21)19(17)27-2)4-7-18(25)24-13-5-6-16-14(10-13)20(26)23-11-22-16/h4-11H,3H2,1-2H3,(H,24,25)(H,22,23,26)/b7-4+. The molecule has 3 rings (SSSR count). The van der Waals surface area contributed by atoms with E-state index in [9.17, 15) is 9.59 Å². The third-order valence-corrected chi connectivity index (χ3v) is 4.15. The highest BCUT2D eigenvalue weighted by Crippen LogP contribution is 2.36. The molecule has 3 aromatic rings. The van der Waals surface area contributed by atoms with Crippen LogP contribution in [-0.2, 0) is 4.79 Å². The van der Waals surface area contributed by atoms with E-state index >= 15 is 0 Å². The molecule has 7 nitrogen and oxygen atoms in total. The second-order valence-electron chi connectivity index (χ2n) is 5.75. The van der Waals surface area contributed by atoms with Gasteiger partial charge in [-0.3, -0.25) is 9.59 Å². The van der Waals surface area contributed by atoms with Crippen molar-refractivity contribution in [3.8, 4) is 11.5 Å². The van der Waals surface area contributed by atoms with Crippen LogP contribution in [0.2, 0.25) is 5.02 Å². The number of carbonyl (C=O) groups is 1. The first kappa shape index (κ1) is 19.4. The summed E-state index contributed by atoms with van der Waals surface area (Å²) in [6.45, 7) is 2.31. The lowest BCUT2D eigenvalue weighted by Gasteiger charge is -2.11. The molecule has 0 bridgehead atoms. The van der Waals surface area contributed by atoms with Gasteiger partial charge in [0, 0.05) is 11.8 Å². The molecule has 0 fully saturated rings. The maximum atomic E-state index is 12.2. The lowest BCUT2D eigenvalue weighted by molar-refractivity contribution is -0.111. The summed E-state index contributed by atoms with van der Waals surface area (Å²) in [5, 5.41) is 3.49. The van der Waals surface area contributed by atoms with Crippen molar-refractivity contribution in [1.82, 2.24) is 9.97 Å². The van der Waals surface area contributed by atoms with Crippen molar-refractivity contribution in [2.24, 2.45) is 0 Å². The average Bonchev–Trinajstić information content (AvgIpc) is 2.67. The fourth-order valence-corrected chi connectivity index (χ4v) is 2.94. The quantitative estimate of drug-likeness (QED) is 0.617. The second kappa shape index (κ2) is 8.58. The van der Waals surface area contributed by atoms with Gasteiger partial charge in [-0.15, -0.1) is 0 Å². The second-order valence-corrected chi connectivity index (χ2v) is 6.16. The van der Waals surface area contributed by atoms with E-state index in [0.29, 0.717) is 45.3 Å². The Morgan fingerprint density at radius 1 is 1.32 bits per heavy atom. The van der Waals surface area contributed by atoms with Crippen molar-refractivity contribution in [3.05, 3.63) is 63.7 Å². The van der Waals surface area contributed by atoms with E-state index in [1.165, 1.54) is 19.5 Å². The van der Waals surface area contributed by atoms with Gasteiger partial charge in [0.05, 0.1) is 36.0 Å². The zero-order valence-electron chi connectivity index (χ0n) is 15.3. The molecule has 2 N–H and O–H groups in total. The average molecular weight is 400 g/mol. The van der Waals surface area contributed by atoms with E-state index in [2.05, 4.69) is 15.3 Å². The first-order valence-corrected chi connectivity index (χ1v) is 8.86. The van der Waals surface area contributed by atoms with Crippen LogP contribution in [-0.4, -0.2) is 29.6 Å². The Morgan fingerprint density at radius 3 is 2.89 bits per heavy atom. The molecule has 0 atom stereocenters. The molecule has 1 amide bonds. The Balaban J connectivity index is 1.78. The van der Waals surface area contributed by atoms with Crippen molar-refractivity contribution in [2.75, 3.05) is 19.0 Å². The Labute approximate surface area is 166 Å². The number of amides is 1. The molecular weight excluding hydrogens is 382 g/mol. The lowest BCUT2D eigenvalue weighted by Crippen LogP contribution is -2.10. The van der Waals surface area contributed by atoms with Crippen LogP contribution in [0.1, 0.15) is 12.5 Å². The van der Waals surface area contributed by atoms with Crippen LogP contribution in [0.15, 0.2) is 47.5 Å². The third kappa shape index (κ3) is 4.32. The minimum absolute atomic E-state index is 0.270. The molecule has 0 unspecified atom stereocenters. The molecule has 2 aromatic carbocycles. The zero-order valence-corrected chi connectivity index (χ0v) is 16.0. The van der Waals surface area contributed by atoms with Crippen molar-refractivity contribution in [3.63, 3.8) is 0 Å². The molecule has 0 saturated heterocycles. The molecule has 28 heavy (non-hydrogen) atoms. The first-order chi connectivity index (χ1) is 13.5. The van der Waals surface area contributed by atoms with Gasteiger partial charge in [0.25, 0.3) is 5.56 Å². The van der Waals surface area contributed by atoms with E-state index < -0.39 is 0 Å². The smallest absolute Gasteiger partial charge is 0.258 e. The van der Waals surface area contributed by atoms with Crippen molar-refractivity contribution in [2.45, 2.75) is 6.92 Å². The number of ether oxygens (including phenoxy) is 2. The summed E-state index contributed by atoms with van der Waals surface area (Å²) >= 11 is 6.21. The van der Waals surface area contributed by atoms with Gasteiger partial charge in [-0.05, 0) is 48.9 Å². The number of aromatic nitrogens is 2. The molecule has 0 spiro atoms. The summed E-state index contributed by atoms with van der Waals surface area (Å²) < 4.78 is 10.8. The van der Waals surface area contributed by atoms with Gasteiger partial charge < -0.3 is 19.8 Å². The number of anilines is 1. The van der Waals surface area contributed by atoms with E-state index in [1.54, 1.807) is 36.4 Å². The predicted molar refractivity (Wildman–Crippen MR) is 109 cm³/mol. The maximum absolute atomic E-state index is 12.2. The number of nitrogens with one attached hydrogen (secondary N) is 2. The van der Waals surface area contributed by atoms with Crippen LogP contribution >= 0.6 is 11.6 Å². The molecule has 0 aliphatic carbocycles. The normalized spacial score (nSPS) is 11.0. The van der Waals surface area contributed by atoms with Gasteiger partial charge in [-0.2, -0.15) is 0 Å². The van der Waals surface area contributed by atoms with Crippen LogP contribution in [0.4, 0.5) is 5.69 Å². The summed E-state index contributed by atoms with van der Waals surface area (Å²) in [6.07, 6.45) is 4.31. The van der Waals surface area contributed by atoms with E-state index in [0.717, 1.165) is 0 Å². The summed E-state index contributed by atoms with van der Waals surface area (Å²) in [7, 11) is 1.51. The molecule has 0 aliphatic heterocycles. The number of hydrogen-bond donors (Lipinski definition) is 2. The number of fused-ring (bicyclic) bond motifs is 1. The summed E-state index contributed by atoms with van der Waals surface area (Å²) in [4.78, 5) is 30.6. The zero-order chi connectivity index (χ0) is 20.1. The lowest BCUT2D eigenvalue weighted by atomic mass is 10.1.